The molecule has 0 amide bonds. The summed E-state index contributed by atoms with van der Waals surface area (Å²) >= 11 is 0. The topological polar surface area (TPSA) is 175 Å². The van der Waals surface area contributed by atoms with E-state index in [2.05, 4.69) is 69.4 Å². The molecule has 1 heterocycles. The molecule has 3 N–H and O–H groups in total. The average Bonchev–Trinajstić information content (AvgIpc) is 3.43. The van der Waals surface area contributed by atoms with Crippen molar-refractivity contribution in [1.29, 1.82) is 0 Å². The van der Waals surface area contributed by atoms with Crippen LogP contribution in [-0.4, -0.2) is 89.2 Å². The summed E-state index contributed by atoms with van der Waals surface area (Å²) in [5, 5.41) is 31.6. The van der Waals surface area contributed by atoms with Gasteiger partial charge in [0, 0.05) is 19.3 Å². The standard InChI is InChI=1S/C67H118O12/c1-4-7-10-13-16-19-22-25-27-29-30-32-34-37-40-43-46-49-52-55-61(70)78-65-63(72)62(71)64(66(73)74)79-67(65)76-57-58(77-60(69)54-51-48-45-42-39-35-24-21-18-15-12-9-6-3)56-75-59(68)53-50-47-44-41-38-36-33-31-28-26-23-20-17-14-11-8-5-2/h12,15,21,24-28,58,62-65,67,71-72H,4-11,13-14,16-20,22-23,29-57H2,1-3H3,(H,73,74)/b15-12-,24-21-,27-25-,28-26-. The molecule has 0 radical (unpaired) electrons. The first-order valence-electron chi connectivity index (χ1n) is 32.6. The van der Waals surface area contributed by atoms with Crippen LogP contribution in [0.4, 0.5) is 0 Å². The third-order valence-electron chi connectivity index (χ3n) is 14.8. The van der Waals surface area contributed by atoms with Crippen LogP contribution in [0.3, 0.4) is 0 Å². The first-order valence-corrected chi connectivity index (χ1v) is 32.6. The number of esters is 3. The number of carboxylic acids is 1. The number of hydrogen-bond donors (Lipinski definition) is 3. The van der Waals surface area contributed by atoms with Gasteiger partial charge >= 0.3 is 23.9 Å². The zero-order valence-electron chi connectivity index (χ0n) is 50.6. The van der Waals surface area contributed by atoms with Crippen LogP contribution in [0.15, 0.2) is 48.6 Å². The molecule has 0 bridgehead atoms. The van der Waals surface area contributed by atoms with Crippen molar-refractivity contribution in [3.8, 4) is 0 Å². The minimum atomic E-state index is -1.91. The Morgan fingerprint density at radius 2 is 0.785 bits per heavy atom. The van der Waals surface area contributed by atoms with Crippen molar-refractivity contribution in [2.45, 2.75) is 340 Å². The SMILES string of the molecule is CCC/C=C\C/C=C\CCCCCCCC(=O)OC(COC(=O)CCCCCCCCC/C=C\CCCCCCCC)COC1OC(C(=O)O)C(O)C(O)C1OC(=O)CCCCCCCCCCC/C=C\CCCCCCCC. The Bertz CT molecular complexity index is 1560. The van der Waals surface area contributed by atoms with E-state index in [0.717, 1.165) is 109 Å². The van der Waals surface area contributed by atoms with E-state index in [9.17, 15) is 34.5 Å². The van der Waals surface area contributed by atoms with Crippen molar-refractivity contribution >= 4 is 23.9 Å². The lowest BCUT2D eigenvalue weighted by Crippen LogP contribution is -2.61. The van der Waals surface area contributed by atoms with E-state index in [1.165, 1.54) is 135 Å². The van der Waals surface area contributed by atoms with E-state index in [4.69, 9.17) is 23.7 Å². The molecule has 0 aromatic rings. The molecule has 458 valence electrons. The molecule has 79 heavy (non-hydrogen) atoms. The minimum Gasteiger partial charge on any atom is -0.479 e. The average molecular weight is 1120 g/mol. The number of hydrogen-bond acceptors (Lipinski definition) is 11. The van der Waals surface area contributed by atoms with Crippen molar-refractivity contribution in [1.82, 2.24) is 0 Å². The molecule has 0 aromatic carbocycles. The molecule has 12 heteroatoms. The number of ether oxygens (including phenoxy) is 5. The summed E-state index contributed by atoms with van der Waals surface area (Å²) in [6, 6.07) is 0. The summed E-state index contributed by atoms with van der Waals surface area (Å²) in [4.78, 5) is 51.3. The first-order chi connectivity index (χ1) is 38.6. The summed E-state index contributed by atoms with van der Waals surface area (Å²) in [6.07, 6.45) is 55.0. The predicted octanol–water partition coefficient (Wildman–Crippen LogP) is 17.3. The van der Waals surface area contributed by atoms with Crippen LogP contribution < -0.4 is 0 Å². The normalized spacial score (nSPS) is 18.1. The monoisotopic (exact) mass is 1110 g/mol. The summed E-state index contributed by atoms with van der Waals surface area (Å²) in [7, 11) is 0. The Hall–Kier alpha value is -3.32. The van der Waals surface area contributed by atoms with Gasteiger partial charge in [0.25, 0.3) is 0 Å². The van der Waals surface area contributed by atoms with Crippen molar-refractivity contribution in [3.05, 3.63) is 48.6 Å². The largest absolute Gasteiger partial charge is 0.479 e. The molecule has 1 saturated heterocycles. The molecule has 0 aromatic heterocycles. The van der Waals surface area contributed by atoms with Gasteiger partial charge in [0.15, 0.2) is 24.6 Å². The number of carbonyl (C=O) groups excluding carboxylic acids is 3. The zero-order valence-corrected chi connectivity index (χ0v) is 50.6. The maximum absolute atomic E-state index is 13.2. The Morgan fingerprint density at radius 1 is 0.418 bits per heavy atom. The molecule has 0 spiro atoms. The van der Waals surface area contributed by atoms with Crippen molar-refractivity contribution in [3.63, 3.8) is 0 Å². The number of allylic oxidation sites excluding steroid dienone is 8. The number of aliphatic hydroxyl groups is 2. The number of unbranched alkanes of at least 4 members (excludes halogenated alkanes) is 34. The van der Waals surface area contributed by atoms with Gasteiger partial charge in [0.1, 0.15) is 18.8 Å². The van der Waals surface area contributed by atoms with Crippen LogP contribution in [0.25, 0.3) is 0 Å². The second kappa shape index (κ2) is 55.2. The van der Waals surface area contributed by atoms with E-state index >= 15 is 0 Å². The molecular formula is C67H118O12. The highest BCUT2D eigenvalue weighted by molar-refractivity contribution is 5.74. The van der Waals surface area contributed by atoms with Gasteiger partial charge in [0.05, 0.1) is 6.61 Å². The molecule has 0 saturated carbocycles. The molecule has 1 aliphatic rings. The van der Waals surface area contributed by atoms with Gasteiger partial charge in [0.2, 0.25) is 0 Å². The third-order valence-corrected chi connectivity index (χ3v) is 14.8. The van der Waals surface area contributed by atoms with E-state index in [-0.39, 0.29) is 25.9 Å². The van der Waals surface area contributed by atoms with Gasteiger partial charge in [-0.3, -0.25) is 14.4 Å². The predicted molar refractivity (Wildman–Crippen MR) is 322 cm³/mol. The van der Waals surface area contributed by atoms with Crippen LogP contribution in [0.2, 0.25) is 0 Å². The summed E-state index contributed by atoms with van der Waals surface area (Å²) in [5.74, 6) is -3.12. The van der Waals surface area contributed by atoms with E-state index in [1.807, 2.05) is 0 Å². The Kier molecular flexibility index (Phi) is 51.5. The van der Waals surface area contributed by atoms with Crippen molar-refractivity contribution < 1.29 is 58.2 Å². The quantitative estimate of drug-likeness (QED) is 0.0228. The molecule has 1 rings (SSSR count). The number of carbonyl (C=O) groups is 4. The first kappa shape index (κ1) is 73.7. The van der Waals surface area contributed by atoms with Crippen LogP contribution in [0, 0.1) is 0 Å². The second-order valence-corrected chi connectivity index (χ2v) is 22.4. The maximum Gasteiger partial charge on any atom is 0.335 e. The molecule has 6 unspecified atom stereocenters. The van der Waals surface area contributed by atoms with Gasteiger partial charge in [-0.05, 0) is 96.3 Å². The lowest BCUT2D eigenvalue weighted by atomic mass is 9.98. The molecule has 1 fully saturated rings. The minimum absolute atomic E-state index is 0.0578. The van der Waals surface area contributed by atoms with E-state index in [1.54, 1.807) is 0 Å². The van der Waals surface area contributed by atoms with Crippen molar-refractivity contribution in [2.24, 2.45) is 0 Å². The highest BCUT2D eigenvalue weighted by atomic mass is 16.7. The summed E-state index contributed by atoms with van der Waals surface area (Å²) in [6.45, 7) is 5.94. The fraction of sp³-hybridized carbons (Fsp3) is 0.821. The molecule has 0 aliphatic carbocycles. The molecule has 12 nitrogen and oxygen atoms in total. The fourth-order valence-corrected chi connectivity index (χ4v) is 9.81. The van der Waals surface area contributed by atoms with Gasteiger partial charge in [-0.25, -0.2) is 4.79 Å². The molecule has 6 atom stereocenters. The van der Waals surface area contributed by atoms with Gasteiger partial charge in [-0.1, -0.05) is 236 Å². The number of aliphatic hydroxyl groups excluding tert-OH is 2. The van der Waals surface area contributed by atoms with E-state index in [0.29, 0.717) is 19.3 Å². The Morgan fingerprint density at radius 3 is 1.20 bits per heavy atom. The van der Waals surface area contributed by atoms with Crippen LogP contribution in [0.5, 0.6) is 0 Å². The van der Waals surface area contributed by atoms with Gasteiger partial charge in [-0.2, -0.15) is 0 Å². The fourth-order valence-electron chi connectivity index (χ4n) is 9.81. The molecule has 1 aliphatic heterocycles. The Balaban J connectivity index is 2.64. The van der Waals surface area contributed by atoms with Crippen LogP contribution in [0.1, 0.15) is 303 Å². The highest BCUT2D eigenvalue weighted by Crippen LogP contribution is 2.27. The smallest absolute Gasteiger partial charge is 0.335 e. The Labute approximate surface area is 482 Å². The van der Waals surface area contributed by atoms with Crippen molar-refractivity contribution in [2.75, 3.05) is 13.2 Å². The lowest BCUT2D eigenvalue weighted by Gasteiger charge is -2.40. The molecular weight excluding hydrogens is 997 g/mol. The summed E-state index contributed by atoms with van der Waals surface area (Å²) in [5.41, 5.74) is 0. The second-order valence-electron chi connectivity index (χ2n) is 22.4. The van der Waals surface area contributed by atoms with Gasteiger partial charge in [-0.15, -0.1) is 0 Å². The van der Waals surface area contributed by atoms with Crippen LogP contribution in [-0.2, 0) is 42.9 Å². The van der Waals surface area contributed by atoms with E-state index < -0.39 is 67.3 Å². The number of aliphatic carboxylic acids is 1. The highest BCUT2D eigenvalue weighted by Gasteiger charge is 2.50. The zero-order chi connectivity index (χ0) is 57.5. The number of carboxylic acid groups (broad SMARTS) is 1. The number of rotatable bonds is 56. The third kappa shape index (κ3) is 45.0. The van der Waals surface area contributed by atoms with Gasteiger partial charge < -0.3 is 39.0 Å². The maximum atomic E-state index is 13.2. The summed E-state index contributed by atoms with van der Waals surface area (Å²) < 4.78 is 28.5. The lowest BCUT2D eigenvalue weighted by molar-refractivity contribution is -0.301. The van der Waals surface area contributed by atoms with Crippen LogP contribution >= 0.6 is 0 Å².